The number of rotatable bonds is 5. The second-order valence-electron chi connectivity index (χ2n) is 3.36. The average molecular weight is 209 g/mol. The van der Waals surface area contributed by atoms with Gasteiger partial charge in [0, 0.05) is 12.1 Å². The summed E-state index contributed by atoms with van der Waals surface area (Å²) in [6.45, 7) is 2.86. The molecule has 0 heterocycles. The highest BCUT2D eigenvalue weighted by atomic mass is 16.5. The van der Waals surface area contributed by atoms with Gasteiger partial charge in [-0.15, -0.1) is 0 Å². The Kier molecular flexibility index (Phi) is 4.43. The van der Waals surface area contributed by atoms with Crippen molar-refractivity contribution in [3.63, 3.8) is 0 Å². The van der Waals surface area contributed by atoms with Crippen LogP contribution in [0.15, 0.2) is 12.1 Å². The van der Waals surface area contributed by atoms with E-state index in [9.17, 15) is 0 Å². The lowest BCUT2D eigenvalue weighted by molar-refractivity contribution is 0.382. The van der Waals surface area contributed by atoms with Crippen molar-refractivity contribution in [3.8, 4) is 11.5 Å². The minimum atomic E-state index is 0.746. The van der Waals surface area contributed by atoms with E-state index in [1.165, 1.54) is 5.56 Å². The molecule has 0 aliphatic carbocycles. The minimum absolute atomic E-state index is 0.746. The van der Waals surface area contributed by atoms with Crippen LogP contribution in [0.5, 0.6) is 11.5 Å². The number of hydrogen-bond acceptors (Lipinski definition) is 3. The summed E-state index contributed by atoms with van der Waals surface area (Å²) in [6.07, 6.45) is 0.979. The molecule has 3 heteroatoms. The normalized spacial score (nSPS) is 10.1. The Morgan fingerprint density at radius 3 is 2.00 bits per heavy atom. The van der Waals surface area contributed by atoms with Crippen molar-refractivity contribution >= 4 is 0 Å². The average Bonchev–Trinajstić information content (AvgIpc) is 2.29. The third kappa shape index (κ3) is 2.63. The molecule has 3 nitrogen and oxygen atoms in total. The molecule has 0 amide bonds. The summed E-state index contributed by atoms with van der Waals surface area (Å²) in [5, 5.41) is 3.11. The first-order valence-electron chi connectivity index (χ1n) is 5.15. The molecule has 0 atom stereocenters. The van der Waals surface area contributed by atoms with Crippen LogP contribution in [0.3, 0.4) is 0 Å². The Hall–Kier alpha value is -1.22. The van der Waals surface area contributed by atoms with Crippen molar-refractivity contribution in [2.75, 3.05) is 21.3 Å². The van der Waals surface area contributed by atoms with E-state index in [1.807, 2.05) is 7.05 Å². The molecule has 84 valence electrons. The van der Waals surface area contributed by atoms with Gasteiger partial charge in [-0.3, -0.25) is 0 Å². The lowest BCUT2D eigenvalue weighted by Gasteiger charge is -2.14. The van der Waals surface area contributed by atoms with E-state index in [2.05, 4.69) is 24.4 Å². The zero-order valence-electron chi connectivity index (χ0n) is 9.89. The van der Waals surface area contributed by atoms with E-state index in [1.54, 1.807) is 14.2 Å². The molecule has 1 aromatic carbocycles. The third-order valence-corrected chi connectivity index (χ3v) is 2.43. The maximum absolute atomic E-state index is 5.36. The van der Waals surface area contributed by atoms with Crippen molar-refractivity contribution < 1.29 is 9.47 Å². The SMILES string of the molecule is CCc1cc(OC)c(CNC)c(OC)c1. The van der Waals surface area contributed by atoms with Crippen LogP contribution in [-0.2, 0) is 13.0 Å². The number of methoxy groups -OCH3 is 2. The fraction of sp³-hybridized carbons (Fsp3) is 0.500. The van der Waals surface area contributed by atoms with E-state index in [-0.39, 0.29) is 0 Å². The van der Waals surface area contributed by atoms with Crippen LogP contribution in [-0.4, -0.2) is 21.3 Å². The van der Waals surface area contributed by atoms with E-state index < -0.39 is 0 Å². The predicted molar refractivity (Wildman–Crippen MR) is 61.7 cm³/mol. The summed E-state index contributed by atoms with van der Waals surface area (Å²) < 4.78 is 10.7. The van der Waals surface area contributed by atoms with Gasteiger partial charge in [-0.2, -0.15) is 0 Å². The zero-order chi connectivity index (χ0) is 11.3. The molecular formula is C12H19NO2. The van der Waals surface area contributed by atoms with Gasteiger partial charge in [-0.1, -0.05) is 6.92 Å². The maximum atomic E-state index is 5.36. The largest absolute Gasteiger partial charge is 0.496 e. The van der Waals surface area contributed by atoms with E-state index >= 15 is 0 Å². The Balaban J connectivity index is 3.19. The second-order valence-corrected chi connectivity index (χ2v) is 3.36. The minimum Gasteiger partial charge on any atom is -0.496 e. The Morgan fingerprint density at radius 2 is 1.67 bits per heavy atom. The summed E-state index contributed by atoms with van der Waals surface area (Å²) in [5.74, 6) is 1.78. The van der Waals surface area contributed by atoms with Crippen LogP contribution < -0.4 is 14.8 Å². The van der Waals surface area contributed by atoms with Crippen LogP contribution in [0.1, 0.15) is 18.1 Å². The molecule has 0 aliphatic rings. The van der Waals surface area contributed by atoms with Crippen LogP contribution >= 0.6 is 0 Å². The molecule has 1 rings (SSSR count). The molecule has 0 unspecified atom stereocenters. The molecule has 15 heavy (non-hydrogen) atoms. The molecule has 0 aliphatic heterocycles. The van der Waals surface area contributed by atoms with Gasteiger partial charge in [0.05, 0.1) is 14.2 Å². The van der Waals surface area contributed by atoms with Gasteiger partial charge in [-0.25, -0.2) is 0 Å². The van der Waals surface area contributed by atoms with Gasteiger partial charge < -0.3 is 14.8 Å². The molecule has 0 saturated heterocycles. The summed E-state index contributed by atoms with van der Waals surface area (Å²) in [7, 11) is 5.29. The van der Waals surface area contributed by atoms with Crippen molar-refractivity contribution in [3.05, 3.63) is 23.3 Å². The lowest BCUT2D eigenvalue weighted by atomic mass is 10.1. The summed E-state index contributed by atoms with van der Waals surface area (Å²) in [4.78, 5) is 0. The van der Waals surface area contributed by atoms with E-state index in [0.29, 0.717) is 0 Å². The van der Waals surface area contributed by atoms with Gasteiger partial charge in [0.25, 0.3) is 0 Å². The molecule has 0 aromatic heterocycles. The van der Waals surface area contributed by atoms with Gasteiger partial charge in [-0.05, 0) is 31.2 Å². The van der Waals surface area contributed by atoms with Gasteiger partial charge in [0.2, 0.25) is 0 Å². The van der Waals surface area contributed by atoms with Crippen LogP contribution in [0.4, 0.5) is 0 Å². The zero-order valence-corrected chi connectivity index (χ0v) is 9.89. The van der Waals surface area contributed by atoms with E-state index in [4.69, 9.17) is 9.47 Å². The molecular weight excluding hydrogens is 190 g/mol. The highest BCUT2D eigenvalue weighted by Gasteiger charge is 2.10. The first-order valence-corrected chi connectivity index (χ1v) is 5.15. The monoisotopic (exact) mass is 209 g/mol. The lowest BCUT2D eigenvalue weighted by Crippen LogP contribution is -2.08. The molecule has 0 radical (unpaired) electrons. The number of ether oxygens (including phenoxy) is 2. The van der Waals surface area contributed by atoms with Gasteiger partial charge >= 0.3 is 0 Å². The maximum Gasteiger partial charge on any atom is 0.127 e. The number of hydrogen-bond donors (Lipinski definition) is 1. The Bertz CT molecular complexity index is 298. The van der Waals surface area contributed by atoms with Crippen molar-refractivity contribution in [1.82, 2.24) is 5.32 Å². The highest BCUT2D eigenvalue weighted by molar-refractivity contribution is 5.48. The Labute approximate surface area is 91.4 Å². The van der Waals surface area contributed by atoms with E-state index in [0.717, 1.165) is 30.0 Å². The van der Waals surface area contributed by atoms with Crippen LogP contribution in [0.2, 0.25) is 0 Å². The number of aryl methyl sites for hydroxylation is 1. The summed E-state index contributed by atoms with van der Waals surface area (Å²) in [5.41, 5.74) is 2.29. The van der Waals surface area contributed by atoms with Crippen molar-refractivity contribution in [2.24, 2.45) is 0 Å². The molecule has 0 bridgehead atoms. The fourth-order valence-electron chi connectivity index (χ4n) is 1.59. The van der Waals surface area contributed by atoms with Crippen molar-refractivity contribution in [2.45, 2.75) is 19.9 Å². The number of benzene rings is 1. The molecule has 0 saturated carbocycles. The Morgan fingerprint density at radius 1 is 1.13 bits per heavy atom. The highest BCUT2D eigenvalue weighted by Crippen LogP contribution is 2.30. The second kappa shape index (κ2) is 5.61. The van der Waals surface area contributed by atoms with Crippen LogP contribution in [0.25, 0.3) is 0 Å². The summed E-state index contributed by atoms with van der Waals surface area (Å²) in [6, 6.07) is 4.13. The standard InChI is InChI=1S/C12H19NO2/c1-5-9-6-11(14-3)10(8-13-2)12(7-9)15-4/h6-7,13H,5,8H2,1-4H3. The number of nitrogens with one attached hydrogen (secondary N) is 1. The summed E-state index contributed by atoms with van der Waals surface area (Å²) >= 11 is 0. The first-order chi connectivity index (χ1) is 7.26. The van der Waals surface area contributed by atoms with Crippen LogP contribution in [0, 0.1) is 0 Å². The topological polar surface area (TPSA) is 30.5 Å². The predicted octanol–water partition coefficient (Wildman–Crippen LogP) is 1.99. The van der Waals surface area contributed by atoms with Gasteiger partial charge in [0.1, 0.15) is 11.5 Å². The molecule has 0 spiro atoms. The molecule has 1 N–H and O–H groups in total. The molecule has 0 fully saturated rings. The smallest absolute Gasteiger partial charge is 0.127 e. The third-order valence-electron chi connectivity index (χ3n) is 2.43. The fourth-order valence-corrected chi connectivity index (χ4v) is 1.59. The molecule has 1 aromatic rings. The van der Waals surface area contributed by atoms with Crippen molar-refractivity contribution in [1.29, 1.82) is 0 Å². The van der Waals surface area contributed by atoms with Gasteiger partial charge in [0.15, 0.2) is 0 Å². The first kappa shape index (κ1) is 11.9. The quantitative estimate of drug-likeness (QED) is 0.804.